The Morgan fingerprint density at radius 1 is 1.54 bits per heavy atom. The molecule has 4 nitrogen and oxygen atoms in total. The number of ether oxygens (including phenoxy) is 1. The van der Waals surface area contributed by atoms with E-state index in [4.69, 9.17) is 9.84 Å². The van der Waals surface area contributed by atoms with Gasteiger partial charge in [0.1, 0.15) is 0 Å². The van der Waals surface area contributed by atoms with Gasteiger partial charge in [0.25, 0.3) is 0 Å². The van der Waals surface area contributed by atoms with E-state index in [-0.39, 0.29) is 12.7 Å². The van der Waals surface area contributed by atoms with Crippen molar-refractivity contribution in [2.45, 2.75) is 18.6 Å². The van der Waals surface area contributed by atoms with Crippen LogP contribution in [0.3, 0.4) is 0 Å². The second-order valence-electron chi connectivity index (χ2n) is 3.82. The highest BCUT2D eigenvalue weighted by molar-refractivity contribution is 4.83. The number of hydrogen-bond donors (Lipinski definition) is 2. The largest absolute Gasteiger partial charge is 0.394 e. The van der Waals surface area contributed by atoms with Gasteiger partial charge in [-0.05, 0) is 13.0 Å². The average Bonchev–Trinajstić information content (AvgIpc) is 2.71. The lowest BCUT2D eigenvalue weighted by molar-refractivity contribution is -0.0625. The summed E-state index contributed by atoms with van der Waals surface area (Å²) >= 11 is 0. The first-order valence-corrected chi connectivity index (χ1v) is 5.07. The van der Waals surface area contributed by atoms with E-state index in [2.05, 4.69) is 10.2 Å². The maximum absolute atomic E-state index is 8.98. The number of morpholine rings is 1. The van der Waals surface area contributed by atoms with Gasteiger partial charge in [0.2, 0.25) is 0 Å². The zero-order valence-corrected chi connectivity index (χ0v) is 7.91. The normalized spacial score (nSPS) is 36.7. The summed E-state index contributed by atoms with van der Waals surface area (Å²) in [6.07, 6.45) is 1.27. The fraction of sp³-hybridized carbons (Fsp3) is 1.00. The molecule has 76 valence electrons. The number of nitrogens with one attached hydrogen (secondary N) is 1. The maximum atomic E-state index is 8.98. The third-order valence-corrected chi connectivity index (χ3v) is 2.92. The summed E-state index contributed by atoms with van der Waals surface area (Å²) in [5, 5.41) is 12.3. The minimum absolute atomic E-state index is 0.0364. The first-order valence-electron chi connectivity index (χ1n) is 5.07. The highest BCUT2D eigenvalue weighted by atomic mass is 16.5. The summed E-state index contributed by atoms with van der Waals surface area (Å²) in [5.74, 6) is 0. The summed E-state index contributed by atoms with van der Waals surface area (Å²) in [7, 11) is 0. The lowest BCUT2D eigenvalue weighted by Gasteiger charge is -2.35. The Morgan fingerprint density at radius 2 is 2.46 bits per heavy atom. The molecular formula is C9H18N2O2. The zero-order chi connectivity index (χ0) is 9.10. The molecule has 2 saturated heterocycles. The van der Waals surface area contributed by atoms with Gasteiger partial charge in [-0.15, -0.1) is 0 Å². The average molecular weight is 186 g/mol. The van der Waals surface area contributed by atoms with Crippen LogP contribution in [0.25, 0.3) is 0 Å². The van der Waals surface area contributed by atoms with E-state index in [1.165, 1.54) is 6.42 Å². The molecule has 0 aromatic carbocycles. The summed E-state index contributed by atoms with van der Waals surface area (Å²) < 4.78 is 5.40. The van der Waals surface area contributed by atoms with Crippen LogP contribution in [-0.4, -0.2) is 61.5 Å². The van der Waals surface area contributed by atoms with E-state index in [0.29, 0.717) is 6.04 Å². The Bertz CT molecular complexity index is 160. The zero-order valence-electron chi connectivity index (χ0n) is 7.91. The minimum Gasteiger partial charge on any atom is -0.394 e. The molecule has 0 saturated carbocycles. The molecule has 2 aliphatic heterocycles. The van der Waals surface area contributed by atoms with Crippen molar-refractivity contribution in [2.75, 3.05) is 39.4 Å². The van der Waals surface area contributed by atoms with E-state index in [9.17, 15) is 0 Å². The van der Waals surface area contributed by atoms with Crippen LogP contribution in [-0.2, 0) is 4.74 Å². The third kappa shape index (κ3) is 2.20. The van der Waals surface area contributed by atoms with Crippen LogP contribution >= 0.6 is 0 Å². The second-order valence-corrected chi connectivity index (χ2v) is 3.82. The van der Waals surface area contributed by atoms with Gasteiger partial charge in [-0.3, -0.25) is 4.90 Å². The molecule has 2 aliphatic rings. The molecular weight excluding hydrogens is 168 g/mol. The summed E-state index contributed by atoms with van der Waals surface area (Å²) in [6, 6.07) is 0.665. The molecule has 4 heteroatoms. The molecule has 2 rings (SSSR count). The van der Waals surface area contributed by atoms with E-state index in [1.54, 1.807) is 0 Å². The van der Waals surface area contributed by atoms with Crippen LogP contribution < -0.4 is 5.32 Å². The quantitative estimate of drug-likeness (QED) is 0.583. The molecule has 13 heavy (non-hydrogen) atoms. The lowest BCUT2D eigenvalue weighted by Crippen LogP contribution is -2.49. The Labute approximate surface area is 78.9 Å². The van der Waals surface area contributed by atoms with E-state index in [1.807, 2.05) is 0 Å². The van der Waals surface area contributed by atoms with Gasteiger partial charge >= 0.3 is 0 Å². The van der Waals surface area contributed by atoms with Gasteiger partial charge in [0.15, 0.2) is 0 Å². The Balaban J connectivity index is 1.84. The van der Waals surface area contributed by atoms with Gasteiger partial charge < -0.3 is 15.2 Å². The van der Waals surface area contributed by atoms with Crippen molar-refractivity contribution in [1.82, 2.24) is 10.2 Å². The summed E-state index contributed by atoms with van der Waals surface area (Å²) in [5.41, 5.74) is 0. The van der Waals surface area contributed by atoms with Gasteiger partial charge in [0.05, 0.1) is 19.3 Å². The van der Waals surface area contributed by atoms with Crippen molar-refractivity contribution in [3.05, 3.63) is 0 Å². The number of aliphatic hydroxyl groups is 1. The molecule has 0 radical (unpaired) electrons. The number of aliphatic hydroxyl groups excluding tert-OH is 1. The molecule has 2 N–H and O–H groups in total. The first kappa shape index (κ1) is 9.40. The SMILES string of the molecule is OC[C@@H]1CN([C@H]2CCNC2)CCO1. The monoisotopic (exact) mass is 186 g/mol. The molecule has 0 aliphatic carbocycles. The van der Waals surface area contributed by atoms with Crippen molar-refractivity contribution < 1.29 is 9.84 Å². The van der Waals surface area contributed by atoms with Crippen molar-refractivity contribution >= 4 is 0 Å². The molecule has 0 bridgehead atoms. The highest BCUT2D eigenvalue weighted by Gasteiger charge is 2.27. The van der Waals surface area contributed by atoms with E-state index in [0.717, 1.165) is 32.8 Å². The standard InChI is InChI=1S/C9H18N2O2/c12-7-9-6-11(3-4-13-9)8-1-2-10-5-8/h8-10,12H,1-7H2/t8-,9-/m0/s1. The third-order valence-electron chi connectivity index (χ3n) is 2.92. The molecule has 0 amide bonds. The smallest absolute Gasteiger partial charge is 0.0932 e. The van der Waals surface area contributed by atoms with Crippen molar-refractivity contribution in [1.29, 1.82) is 0 Å². The number of rotatable bonds is 2. The molecule has 2 heterocycles. The number of nitrogens with zero attached hydrogens (tertiary/aromatic N) is 1. The highest BCUT2D eigenvalue weighted by Crippen LogP contribution is 2.13. The Kier molecular flexibility index (Phi) is 3.16. The van der Waals surface area contributed by atoms with Gasteiger partial charge in [-0.2, -0.15) is 0 Å². The van der Waals surface area contributed by atoms with Crippen molar-refractivity contribution in [2.24, 2.45) is 0 Å². The van der Waals surface area contributed by atoms with Gasteiger partial charge in [0, 0.05) is 25.7 Å². The van der Waals surface area contributed by atoms with Crippen LogP contribution in [0.4, 0.5) is 0 Å². The Hall–Kier alpha value is -0.160. The van der Waals surface area contributed by atoms with E-state index >= 15 is 0 Å². The molecule has 0 unspecified atom stereocenters. The summed E-state index contributed by atoms with van der Waals surface area (Å²) in [6.45, 7) is 5.05. The van der Waals surface area contributed by atoms with Crippen LogP contribution in [0.15, 0.2) is 0 Å². The van der Waals surface area contributed by atoms with Gasteiger partial charge in [-0.25, -0.2) is 0 Å². The molecule has 0 aromatic rings. The fourth-order valence-electron chi connectivity index (χ4n) is 2.14. The molecule has 0 aromatic heterocycles. The first-order chi connectivity index (χ1) is 6.40. The maximum Gasteiger partial charge on any atom is 0.0932 e. The van der Waals surface area contributed by atoms with Crippen LogP contribution in [0, 0.1) is 0 Å². The predicted molar refractivity (Wildman–Crippen MR) is 49.7 cm³/mol. The molecule has 0 spiro atoms. The second kappa shape index (κ2) is 4.37. The number of hydrogen-bond acceptors (Lipinski definition) is 4. The molecule has 2 fully saturated rings. The van der Waals surface area contributed by atoms with Crippen LogP contribution in [0.1, 0.15) is 6.42 Å². The van der Waals surface area contributed by atoms with Gasteiger partial charge in [-0.1, -0.05) is 0 Å². The van der Waals surface area contributed by atoms with E-state index < -0.39 is 0 Å². The van der Waals surface area contributed by atoms with Crippen molar-refractivity contribution in [3.8, 4) is 0 Å². The van der Waals surface area contributed by atoms with Crippen LogP contribution in [0.5, 0.6) is 0 Å². The topological polar surface area (TPSA) is 44.7 Å². The summed E-state index contributed by atoms with van der Waals surface area (Å²) in [4.78, 5) is 2.43. The Morgan fingerprint density at radius 3 is 3.15 bits per heavy atom. The minimum atomic E-state index is 0.0364. The van der Waals surface area contributed by atoms with Crippen molar-refractivity contribution in [3.63, 3.8) is 0 Å². The fourth-order valence-corrected chi connectivity index (χ4v) is 2.14. The lowest BCUT2D eigenvalue weighted by atomic mass is 10.2. The predicted octanol–water partition coefficient (Wildman–Crippen LogP) is -0.959. The van der Waals surface area contributed by atoms with Crippen LogP contribution in [0.2, 0.25) is 0 Å². The molecule has 2 atom stereocenters.